The van der Waals surface area contributed by atoms with E-state index in [2.05, 4.69) is 15.0 Å². The fraction of sp³-hybridized carbons (Fsp3) is 0.0833. The zero-order chi connectivity index (χ0) is 13.4. The summed E-state index contributed by atoms with van der Waals surface area (Å²) in [7, 11) is 0. The molecule has 0 atom stereocenters. The van der Waals surface area contributed by atoms with Crippen LogP contribution in [0.5, 0.6) is 0 Å². The Balaban J connectivity index is 2.04. The van der Waals surface area contributed by atoms with Crippen molar-refractivity contribution in [1.29, 1.82) is 0 Å². The number of hydrogen-bond donors (Lipinski definition) is 0. The summed E-state index contributed by atoms with van der Waals surface area (Å²) in [5.74, 6) is -0.271. The van der Waals surface area contributed by atoms with E-state index in [0.717, 1.165) is 5.56 Å². The highest BCUT2D eigenvalue weighted by Gasteiger charge is 2.11. The Morgan fingerprint density at radius 1 is 1.11 bits per heavy atom. The zero-order valence-corrected chi connectivity index (χ0v) is 11.0. The third kappa shape index (κ3) is 2.39. The second-order valence-electron chi connectivity index (χ2n) is 3.95. The smallest absolute Gasteiger partial charge is 0.225 e. The Labute approximate surface area is 117 Å². The van der Waals surface area contributed by atoms with Crippen molar-refractivity contribution in [1.82, 2.24) is 19.5 Å². The molecule has 0 aliphatic rings. The number of hydrogen-bond acceptors (Lipinski definition) is 3. The summed E-state index contributed by atoms with van der Waals surface area (Å²) in [4.78, 5) is 12.0. The number of benzene rings is 1. The van der Waals surface area contributed by atoms with Crippen molar-refractivity contribution in [2.24, 2.45) is 0 Å². The first kappa shape index (κ1) is 12.3. The Morgan fingerprint density at radius 2 is 1.84 bits per heavy atom. The van der Waals surface area contributed by atoms with Gasteiger partial charge in [-0.25, -0.2) is 14.4 Å². The van der Waals surface area contributed by atoms with Crippen LogP contribution in [-0.2, 0) is 6.54 Å². The highest BCUT2D eigenvalue weighted by Crippen LogP contribution is 2.22. The van der Waals surface area contributed by atoms with Crippen LogP contribution in [0.25, 0.3) is 11.2 Å². The average Bonchev–Trinajstić information content (AvgIpc) is 2.75. The fourth-order valence-corrected chi connectivity index (χ4v) is 2.30. The minimum absolute atomic E-state index is 0.0598. The van der Waals surface area contributed by atoms with Crippen molar-refractivity contribution in [2.75, 3.05) is 0 Å². The molecule has 0 saturated carbocycles. The van der Waals surface area contributed by atoms with Gasteiger partial charge in [0.15, 0.2) is 10.8 Å². The van der Waals surface area contributed by atoms with Gasteiger partial charge in [0.1, 0.15) is 11.3 Å². The van der Waals surface area contributed by atoms with E-state index in [1.165, 1.54) is 12.1 Å². The minimum atomic E-state index is -0.271. The Morgan fingerprint density at radius 3 is 2.58 bits per heavy atom. The number of imidazole rings is 1. The molecule has 0 radical (unpaired) electrons. The van der Waals surface area contributed by atoms with Gasteiger partial charge in [0.2, 0.25) is 5.28 Å². The molecule has 0 bridgehead atoms. The third-order valence-corrected chi connectivity index (χ3v) is 3.10. The van der Waals surface area contributed by atoms with Gasteiger partial charge in [-0.3, -0.25) is 0 Å². The third-order valence-electron chi connectivity index (χ3n) is 2.67. The molecule has 1 aromatic carbocycles. The molecule has 2 aromatic heterocycles. The molecule has 3 rings (SSSR count). The number of nitrogens with zero attached hydrogens (tertiary/aromatic N) is 4. The van der Waals surface area contributed by atoms with Gasteiger partial charge in [0.05, 0.1) is 6.33 Å². The molecular weight excluding hydrogens is 290 g/mol. The van der Waals surface area contributed by atoms with Crippen LogP contribution >= 0.6 is 23.2 Å². The zero-order valence-electron chi connectivity index (χ0n) is 9.52. The van der Waals surface area contributed by atoms with E-state index in [0.29, 0.717) is 17.7 Å². The number of rotatable bonds is 2. The van der Waals surface area contributed by atoms with Gasteiger partial charge < -0.3 is 4.57 Å². The van der Waals surface area contributed by atoms with E-state index in [9.17, 15) is 4.39 Å². The topological polar surface area (TPSA) is 43.6 Å². The molecule has 7 heteroatoms. The molecule has 0 amide bonds. The lowest BCUT2D eigenvalue weighted by Crippen LogP contribution is -1.99. The monoisotopic (exact) mass is 296 g/mol. The van der Waals surface area contributed by atoms with Gasteiger partial charge in [-0.1, -0.05) is 23.7 Å². The van der Waals surface area contributed by atoms with E-state index in [-0.39, 0.29) is 16.3 Å². The van der Waals surface area contributed by atoms with E-state index < -0.39 is 0 Å². The van der Waals surface area contributed by atoms with Crippen molar-refractivity contribution in [3.8, 4) is 0 Å². The first-order chi connectivity index (χ1) is 9.13. The standard InChI is InChI=1S/C12H7Cl2FN4/c13-10-9-11(18-12(14)17-10)16-6-19(9)5-7-1-3-8(15)4-2-7/h1-4,6H,5H2. The van der Waals surface area contributed by atoms with E-state index in [1.807, 2.05) is 0 Å². The van der Waals surface area contributed by atoms with Crippen LogP contribution in [0.1, 0.15) is 5.56 Å². The summed E-state index contributed by atoms with van der Waals surface area (Å²) in [6.45, 7) is 0.501. The fourth-order valence-electron chi connectivity index (χ4n) is 1.82. The van der Waals surface area contributed by atoms with Gasteiger partial charge in [0.25, 0.3) is 0 Å². The molecule has 0 aliphatic carbocycles. The molecule has 4 nitrogen and oxygen atoms in total. The normalized spacial score (nSPS) is 11.1. The van der Waals surface area contributed by atoms with Crippen LogP contribution in [0, 0.1) is 5.82 Å². The molecule has 0 aliphatic heterocycles. The molecule has 3 aromatic rings. The maximum atomic E-state index is 12.9. The van der Waals surface area contributed by atoms with E-state index in [4.69, 9.17) is 23.2 Å². The number of halogens is 3. The van der Waals surface area contributed by atoms with Crippen LogP contribution in [0.4, 0.5) is 4.39 Å². The van der Waals surface area contributed by atoms with E-state index in [1.54, 1.807) is 23.0 Å². The quantitative estimate of drug-likeness (QED) is 0.538. The van der Waals surface area contributed by atoms with Crippen LogP contribution in [0.15, 0.2) is 30.6 Å². The van der Waals surface area contributed by atoms with Crippen molar-refractivity contribution in [2.45, 2.75) is 6.54 Å². The Hall–Kier alpha value is -1.72. The molecule has 0 fully saturated rings. The van der Waals surface area contributed by atoms with Gasteiger partial charge in [-0.2, -0.15) is 4.98 Å². The number of aromatic nitrogens is 4. The Bertz CT molecular complexity index is 739. The molecule has 0 N–H and O–H groups in total. The Kier molecular flexibility index (Phi) is 3.08. The van der Waals surface area contributed by atoms with Crippen LogP contribution in [-0.4, -0.2) is 19.5 Å². The minimum Gasteiger partial charge on any atom is -0.322 e. The molecule has 0 unspecified atom stereocenters. The van der Waals surface area contributed by atoms with E-state index >= 15 is 0 Å². The van der Waals surface area contributed by atoms with Gasteiger partial charge in [-0.05, 0) is 29.3 Å². The van der Waals surface area contributed by atoms with Crippen LogP contribution < -0.4 is 0 Å². The lowest BCUT2D eigenvalue weighted by molar-refractivity contribution is 0.626. The van der Waals surface area contributed by atoms with Crippen LogP contribution in [0.3, 0.4) is 0 Å². The molecule has 96 valence electrons. The largest absolute Gasteiger partial charge is 0.322 e. The lowest BCUT2D eigenvalue weighted by Gasteiger charge is -2.05. The predicted molar refractivity (Wildman–Crippen MR) is 70.8 cm³/mol. The summed E-state index contributed by atoms with van der Waals surface area (Å²) >= 11 is 11.8. The second kappa shape index (κ2) is 4.75. The second-order valence-corrected chi connectivity index (χ2v) is 4.65. The molecular formula is C12H7Cl2FN4. The average molecular weight is 297 g/mol. The SMILES string of the molecule is Fc1ccc(Cn2cnc3nc(Cl)nc(Cl)c32)cc1. The molecule has 0 spiro atoms. The maximum Gasteiger partial charge on any atom is 0.225 e. The van der Waals surface area contributed by atoms with Gasteiger partial charge in [0, 0.05) is 6.54 Å². The van der Waals surface area contributed by atoms with Gasteiger partial charge >= 0.3 is 0 Å². The van der Waals surface area contributed by atoms with Crippen molar-refractivity contribution >= 4 is 34.4 Å². The summed E-state index contributed by atoms with van der Waals surface area (Å²) in [5, 5.41) is 0.305. The predicted octanol–water partition coefficient (Wildman–Crippen LogP) is 3.32. The van der Waals surface area contributed by atoms with Crippen molar-refractivity contribution in [3.05, 3.63) is 52.4 Å². The molecule has 2 heterocycles. The molecule has 0 saturated heterocycles. The first-order valence-corrected chi connectivity index (χ1v) is 6.17. The van der Waals surface area contributed by atoms with Crippen LogP contribution in [0.2, 0.25) is 10.4 Å². The van der Waals surface area contributed by atoms with Gasteiger partial charge in [-0.15, -0.1) is 0 Å². The summed E-state index contributed by atoms with van der Waals surface area (Å²) < 4.78 is 14.6. The maximum absolute atomic E-state index is 12.9. The lowest BCUT2D eigenvalue weighted by atomic mass is 10.2. The van der Waals surface area contributed by atoms with Crippen molar-refractivity contribution in [3.63, 3.8) is 0 Å². The summed E-state index contributed by atoms with van der Waals surface area (Å²) in [6.07, 6.45) is 1.60. The number of fused-ring (bicyclic) bond motifs is 1. The first-order valence-electron chi connectivity index (χ1n) is 5.42. The highest BCUT2D eigenvalue weighted by atomic mass is 35.5. The molecule has 19 heavy (non-hydrogen) atoms. The summed E-state index contributed by atoms with van der Waals surface area (Å²) in [6, 6.07) is 6.21. The van der Waals surface area contributed by atoms with Crippen molar-refractivity contribution < 1.29 is 4.39 Å². The highest BCUT2D eigenvalue weighted by molar-refractivity contribution is 6.35. The summed E-state index contributed by atoms with van der Waals surface area (Å²) in [5.41, 5.74) is 1.97.